The molecule has 0 unspecified atom stereocenters. The van der Waals surface area contributed by atoms with Gasteiger partial charge in [-0.25, -0.2) is 4.98 Å². The molecular weight excluding hydrogens is 162 g/mol. The highest BCUT2D eigenvalue weighted by Gasteiger charge is 2.00. The molecule has 1 N–H and O–H groups in total. The first-order valence-corrected chi connectivity index (χ1v) is 4.02. The van der Waals surface area contributed by atoms with Gasteiger partial charge < -0.3 is 5.11 Å². The Morgan fingerprint density at radius 1 is 1.31 bits per heavy atom. The average Bonchev–Trinajstić information content (AvgIpc) is 2.17. The van der Waals surface area contributed by atoms with Crippen LogP contribution in [-0.4, -0.2) is 10.1 Å². The summed E-state index contributed by atoms with van der Waals surface area (Å²) < 4.78 is 0. The van der Waals surface area contributed by atoms with Gasteiger partial charge in [0, 0.05) is 5.39 Å². The van der Waals surface area contributed by atoms with Crippen molar-refractivity contribution in [2.75, 3.05) is 0 Å². The van der Waals surface area contributed by atoms with Gasteiger partial charge in [0.25, 0.3) is 0 Å². The highest BCUT2D eigenvalue weighted by atomic mass is 16.3. The largest absolute Gasteiger partial charge is 0.506 e. The topological polar surface area (TPSA) is 33.1 Å². The maximum atomic E-state index is 9.47. The minimum atomic E-state index is 0.175. The van der Waals surface area contributed by atoms with Crippen molar-refractivity contribution < 1.29 is 5.11 Å². The molecule has 0 bridgehead atoms. The monoisotopic (exact) mass is 171 g/mol. The van der Waals surface area contributed by atoms with Crippen LogP contribution in [0.15, 0.2) is 36.9 Å². The smallest absolute Gasteiger partial charge is 0.141 e. The highest BCUT2D eigenvalue weighted by molar-refractivity contribution is 5.81. The Labute approximate surface area is 76.2 Å². The lowest BCUT2D eigenvalue weighted by molar-refractivity contribution is 0.472. The van der Waals surface area contributed by atoms with Gasteiger partial charge >= 0.3 is 0 Å². The Bertz CT molecular complexity index is 463. The number of rotatable bonds is 1. The summed E-state index contributed by atoms with van der Waals surface area (Å²) in [4.78, 5) is 4.23. The Kier molecular flexibility index (Phi) is 1.74. The molecule has 2 heteroatoms. The van der Waals surface area contributed by atoms with E-state index in [4.69, 9.17) is 0 Å². The molecular formula is C11H9NO. The van der Waals surface area contributed by atoms with Gasteiger partial charge in [-0.05, 0) is 18.2 Å². The lowest BCUT2D eigenvalue weighted by atomic mass is 10.2. The zero-order chi connectivity index (χ0) is 9.26. The lowest BCUT2D eigenvalue weighted by Crippen LogP contribution is -1.83. The number of para-hydroxylation sites is 1. The van der Waals surface area contributed by atoms with Crippen LogP contribution in [-0.2, 0) is 0 Å². The zero-order valence-electron chi connectivity index (χ0n) is 7.07. The van der Waals surface area contributed by atoms with E-state index < -0.39 is 0 Å². The molecule has 1 aromatic heterocycles. The SMILES string of the molecule is C=Cc1nc2ccccc2cc1O. The van der Waals surface area contributed by atoms with Gasteiger partial charge in [-0.1, -0.05) is 24.8 Å². The van der Waals surface area contributed by atoms with E-state index in [1.54, 1.807) is 12.1 Å². The molecule has 2 aromatic rings. The summed E-state index contributed by atoms with van der Waals surface area (Å²) in [5.41, 5.74) is 1.40. The van der Waals surface area contributed by atoms with Crippen molar-refractivity contribution in [2.24, 2.45) is 0 Å². The molecule has 0 radical (unpaired) electrons. The van der Waals surface area contributed by atoms with Crippen LogP contribution in [0, 0.1) is 0 Å². The number of nitrogens with zero attached hydrogens (tertiary/aromatic N) is 1. The molecule has 0 amide bonds. The van der Waals surface area contributed by atoms with Crippen molar-refractivity contribution in [2.45, 2.75) is 0 Å². The van der Waals surface area contributed by atoms with Crippen LogP contribution >= 0.6 is 0 Å². The summed E-state index contributed by atoms with van der Waals surface area (Å²) in [6.45, 7) is 3.58. The third-order valence-corrected chi connectivity index (χ3v) is 1.93. The molecule has 0 aliphatic heterocycles. The molecule has 0 atom stereocenters. The summed E-state index contributed by atoms with van der Waals surface area (Å²) in [6, 6.07) is 9.34. The second kappa shape index (κ2) is 2.90. The maximum Gasteiger partial charge on any atom is 0.141 e. The maximum absolute atomic E-state index is 9.47. The molecule has 0 fully saturated rings. The summed E-state index contributed by atoms with van der Waals surface area (Å²) in [5, 5.41) is 10.4. The van der Waals surface area contributed by atoms with Crippen molar-refractivity contribution in [3.8, 4) is 5.75 Å². The van der Waals surface area contributed by atoms with E-state index in [0.717, 1.165) is 10.9 Å². The Morgan fingerprint density at radius 3 is 2.85 bits per heavy atom. The predicted octanol–water partition coefficient (Wildman–Crippen LogP) is 2.58. The first-order valence-electron chi connectivity index (χ1n) is 4.02. The van der Waals surface area contributed by atoms with Crippen LogP contribution in [0.25, 0.3) is 17.0 Å². The third-order valence-electron chi connectivity index (χ3n) is 1.93. The van der Waals surface area contributed by atoms with Gasteiger partial charge in [0.05, 0.1) is 5.52 Å². The Balaban J connectivity index is 2.81. The zero-order valence-corrected chi connectivity index (χ0v) is 7.07. The van der Waals surface area contributed by atoms with Crippen molar-refractivity contribution in [1.82, 2.24) is 4.98 Å². The van der Waals surface area contributed by atoms with Gasteiger partial charge in [-0.3, -0.25) is 0 Å². The van der Waals surface area contributed by atoms with Crippen LogP contribution < -0.4 is 0 Å². The number of fused-ring (bicyclic) bond motifs is 1. The molecule has 0 aliphatic rings. The molecule has 0 saturated carbocycles. The molecule has 2 nitrogen and oxygen atoms in total. The van der Waals surface area contributed by atoms with Gasteiger partial charge in [0.2, 0.25) is 0 Å². The van der Waals surface area contributed by atoms with E-state index in [9.17, 15) is 5.11 Å². The fraction of sp³-hybridized carbons (Fsp3) is 0. The van der Waals surface area contributed by atoms with E-state index >= 15 is 0 Å². The number of hydrogen-bond donors (Lipinski definition) is 1. The van der Waals surface area contributed by atoms with Crippen LogP contribution in [0.5, 0.6) is 5.75 Å². The fourth-order valence-corrected chi connectivity index (χ4v) is 1.27. The molecule has 0 saturated heterocycles. The third kappa shape index (κ3) is 1.26. The van der Waals surface area contributed by atoms with Gasteiger partial charge in [0.15, 0.2) is 0 Å². The van der Waals surface area contributed by atoms with Crippen molar-refractivity contribution in [1.29, 1.82) is 0 Å². The summed E-state index contributed by atoms with van der Waals surface area (Å²) in [7, 11) is 0. The normalized spacial score (nSPS) is 10.2. The second-order valence-electron chi connectivity index (χ2n) is 2.79. The van der Waals surface area contributed by atoms with Crippen LogP contribution in [0.3, 0.4) is 0 Å². The Hall–Kier alpha value is -1.83. The van der Waals surface area contributed by atoms with Crippen molar-refractivity contribution in [3.63, 3.8) is 0 Å². The molecule has 1 heterocycles. The minimum Gasteiger partial charge on any atom is -0.506 e. The summed E-state index contributed by atoms with van der Waals surface area (Å²) in [6.07, 6.45) is 1.54. The van der Waals surface area contributed by atoms with Crippen LogP contribution in [0.4, 0.5) is 0 Å². The molecule has 2 rings (SSSR count). The summed E-state index contributed by atoms with van der Waals surface area (Å²) in [5.74, 6) is 0.175. The number of aromatic nitrogens is 1. The number of hydrogen-bond acceptors (Lipinski definition) is 2. The first-order chi connectivity index (χ1) is 6.31. The predicted molar refractivity (Wildman–Crippen MR) is 53.5 cm³/mol. The number of benzene rings is 1. The second-order valence-corrected chi connectivity index (χ2v) is 2.79. The summed E-state index contributed by atoms with van der Waals surface area (Å²) >= 11 is 0. The van der Waals surface area contributed by atoms with Gasteiger partial charge in [-0.15, -0.1) is 0 Å². The molecule has 1 aromatic carbocycles. The minimum absolute atomic E-state index is 0.175. The number of aromatic hydroxyl groups is 1. The van der Waals surface area contributed by atoms with E-state index in [1.165, 1.54) is 0 Å². The van der Waals surface area contributed by atoms with E-state index in [-0.39, 0.29) is 5.75 Å². The van der Waals surface area contributed by atoms with E-state index in [2.05, 4.69) is 11.6 Å². The molecule has 64 valence electrons. The Morgan fingerprint density at radius 2 is 2.08 bits per heavy atom. The molecule has 13 heavy (non-hydrogen) atoms. The highest BCUT2D eigenvalue weighted by Crippen LogP contribution is 2.21. The van der Waals surface area contributed by atoms with Crippen LogP contribution in [0.2, 0.25) is 0 Å². The number of pyridine rings is 1. The van der Waals surface area contributed by atoms with E-state index in [0.29, 0.717) is 5.69 Å². The molecule has 0 aliphatic carbocycles. The van der Waals surface area contributed by atoms with Gasteiger partial charge in [0.1, 0.15) is 11.4 Å². The van der Waals surface area contributed by atoms with Gasteiger partial charge in [-0.2, -0.15) is 0 Å². The van der Waals surface area contributed by atoms with Crippen molar-refractivity contribution in [3.05, 3.63) is 42.6 Å². The molecule has 0 spiro atoms. The average molecular weight is 171 g/mol. The first kappa shape index (κ1) is 7.80. The van der Waals surface area contributed by atoms with Crippen LogP contribution in [0.1, 0.15) is 5.69 Å². The standard InChI is InChI=1S/C11H9NO/c1-2-9-11(13)7-8-5-3-4-6-10(8)12-9/h2-7,13H,1H2. The lowest BCUT2D eigenvalue weighted by Gasteiger charge is -2.00. The van der Waals surface area contributed by atoms with E-state index in [1.807, 2.05) is 24.3 Å². The fourth-order valence-electron chi connectivity index (χ4n) is 1.27. The van der Waals surface area contributed by atoms with Crippen molar-refractivity contribution >= 4 is 17.0 Å². The quantitative estimate of drug-likeness (QED) is 0.715.